The summed E-state index contributed by atoms with van der Waals surface area (Å²) in [6, 6.07) is 19.9. The summed E-state index contributed by atoms with van der Waals surface area (Å²) >= 11 is 0. The highest BCUT2D eigenvalue weighted by atomic mass is 16.1. The summed E-state index contributed by atoms with van der Waals surface area (Å²) in [6.07, 6.45) is 3.46. The van der Waals surface area contributed by atoms with Crippen molar-refractivity contribution in [1.29, 1.82) is 0 Å². The number of hydrogen-bond donors (Lipinski definition) is 2. The van der Waals surface area contributed by atoms with E-state index in [0.29, 0.717) is 12.1 Å². The number of piperazine rings is 1. The first-order valence-electron chi connectivity index (χ1n) is 9.47. The molecule has 0 unspecified atom stereocenters. The van der Waals surface area contributed by atoms with Crippen molar-refractivity contribution in [2.24, 2.45) is 0 Å². The predicted octanol–water partition coefficient (Wildman–Crippen LogP) is 2.56. The van der Waals surface area contributed by atoms with Crippen LogP contribution in [0.25, 0.3) is 0 Å². The fourth-order valence-electron chi connectivity index (χ4n) is 3.45. The van der Waals surface area contributed by atoms with E-state index in [9.17, 15) is 4.79 Å². The van der Waals surface area contributed by atoms with E-state index < -0.39 is 0 Å². The van der Waals surface area contributed by atoms with E-state index >= 15 is 0 Å². The van der Waals surface area contributed by atoms with Gasteiger partial charge in [-0.1, -0.05) is 36.4 Å². The lowest BCUT2D eigenvalue weighted by Crippen LogP contribution is -2.46. The third-order valence-electron chi connectivity index (χ3n) is 4.86. The van der Waals surface area contributed by atoms with Crippen LogP contribution in [0.2, 0.25) is 0 Å². The number of pyridine rings is 2. The number of benzene rings is 1. The van der Waals surface area contributed by atoms with E-state index in [-0.39, 0.29) is 11.9 Å². The number of nitrogens with one attached hydrogen (secondary N) is 2. The molecule has 3 heterocycles. The van der Waals surface area contributed by atoms with Gasteiger partial charge < -0.3 is 15.5 Å². The van der Waals surface area contributed by atoms with Crippen molar-refractivity contribution in [1.82, 2.24) is 20.6 Å². The summed E-state index contributed by atoms with van der Waals surface area (Å²) in [5.41, 5.74) is 2.66. The molecule has 2 aromatic heterocycles. The smallest absolute Gasteiger partial charge is 0.255 e. The Morgan fingerprint density at radius 1 is 1.04 bits per heavy atom. The number of aromatic nitrogens is 2. The van der Waals surface area contributed by atoms with Gasteiger partial charge >= 0.3 is 0 Å². The van der Waals surface area contributed by atoms with Crippen molar-refractivity contribution in [2.45, 2.75) is 12.6 Å². The molecular weight excluding hydrogens is 350 g/mol. The number of carbonyl (C=O) groups excluding carboxylic acids is 1. The molecule has 2 N–H and O–H groups in total. The first-order chi connectivity index (χ1) is 13.8. The minimum atomic E-state index is -0.136. The molecule has 142 valence electrons. The zero-order valence-corrected chi connectivity index (χ0v) is 15.6. The van der Waals surface area contributed by atoms with Crippen LogP contribution in [-0.4, -0.2) is 35.5 Å². The van der Waals surface area contributed by atoms with Crippen molar-refractivity contribution in [3.8, 4) is 0 Å². The lowest BCUT2D eigenvalue weighted by molar-refractivity contribution is 0.0950. The van der Waals surface area contributed by atoms with Crippen molar-refractivity contribution in [3.05, 3.63) is 89.9 Å². The van der Waals surface area contributed by atoms with E-state index in [4.69, 9.17) is 0 Å². The summed E-state index contributed by atoms with van der Waals surface area (Å²) in [4.78, 5) is 23.8. The Morgan fingerprint density at radius 2 is 1.86 bits per heavy atom. The fraction of sp³-hybridized carbons (Fsp3) is 0.227. The van der Waals surface area contributed by atoms with Crippen molar-refractivity contribution >= 4 is 11.7 Å². The minimum absolute atomic E-state index is 0.136. The number of rotatable bonds is 5. The van der Waals surface area contributed by atoms with Crippen LogP contribution < -0.4 is 15.5 Å². The van der Waals surface area contributed by atoms with Crippen molar-refractivity contribution in [3.63, 3.8) is 0 Å². The maximum Gasteiger partial charge on any atom is 0.255 e. The maximum absolute atomic E-state index is 12.8. The molecule has 4 rings (SSSR count). The van der Waals surface area contributed by atoms with Gasteiger partial charge in [-0.25, -0.2) is 4.98 Å². The summed E-state index contributed by atoms with van der Waals surface area (Å²) < 4.78 is 0. The highest BCUT2D eigenvalue weighted by Crippen LogP contribution is 2.23. The molecule has 0 aliphatic carbocycles. The molecule has 0 spiro atoms. The lowest BCUT2D eigenvalue weighted by atomic mass is 10.0. The van der Waals surface area contributed by atoms with Crippen LogP contribution in [0.3, 0.4) is 0 Å². The number of anilines is 1. The number of amides is 1. The lowest BCUT2D eigenvalue weighted by Gasteiger charge is -2.35. The average Bonchev–Trinajstić information content (AvgIpc) is 2.79. The van der Waals surface area contributed by atoms with Gasteiger partial charge in [-0.15, -0.1) is 0 Å². The summed E-state index contributed by atoms with van der Waals surface area (Å²) in [7, 11) is 0. The highest BCUT2D eigenvalue weighted by molar-refractivity contribution is 5.98. The zero-order chi connectivity index (χ0) is 19.2. The van der Waals surface area contributed by atoms with Crippen molar-refractivity contribution in [2.75, 3.05) is 24.5 Å². The van der Waals surface area contributed by atoms with E-state index in [1.165, 1.54) is 5.56 Å². The number of nitrogens with zero attached hydrogens (tertiary/aromatic N) is 3. The first kappa shape index (κ1) is 18.1. The molecule has 0 radical (unpaired) electrons. The van der Waals surface area contributed by atoms with E-state index in [1.807, 2.05) is 42.5 Å². The maximum atomic E-state index is 12.8. The molecule has 0 bridgehead atoms. The topological polar surface area (TPSA) is 70.2 Å². The van der Waals surface area contributed by atoms with Crippen LogP contribution in [0.1, 0.15) is 27.7 Å². The SMILES string of the molecule is O=C(NCc1ccccn1)c1cccnc1N1CCN[C@@H](c2ccccc2)C1. The van der Waals surface area contributed by atoms with Gasteiger partial charge in [0.25, 0.3) is 5.91 Å². The van der Waals surface area contributed by atoms with Crippen LogP contribution in [0.5, 0.6) is 0 Å². The van der Waals surface area contributed by atoms with Crippen LogP contribution in [0.15, 0.2) is 73.1 Å². The molecule has 0 saturated carbocycles. The number of carbonyl (C=O) groups is 1. The molecule has 6 nitrogen and oxygen atoms in total. The average molecular weight is 373 g/mol. The van der Waals surface area contributed by atoms with Gasteiger partial charge in [0.2, 0.25) is 0 Å². The van der Waals surface area contributed by atoms with E-state index in [1.54, 1.807) is 18.5 Å². The normalized spacial score (nSPS) is 16.6. The Bertz CT molecular complexity index is 916. The minimum Gasteiger partial charge on any atom is -0.353 e. The molecule has 1 atom stereocenters. The van der Waals surface area contributed by atoms with Crippen LogP contribution in [0.4, 0.5) is 5.82 Å². The highest BCUT2D eigenvalue weighted by Gasteiger charge is 2.25. The Labute approximate surface area is 164 Å². The molecular formula is C22H23N5O. The van der Waals surface area contributed by atoms with Gasteiger partial charge in [0.1, 0.15) is 5.82 Å². The van der Waals surface area contributed by atoms with Gasteiger partial charge in [0.15, 0.2) is 0 Å². The monoisotopic (exact) mass is 373 g/mol. The molecule has 6 heteroatoms. The summed E-state index contributed by atoms with van der Waals surface area (Å²) in [5, 5.41) is 6.51. The summed E-state index contributed by atoms with van der Waals surface area (Å²) in [5.74, 6) is 0.590. The van der Waals surface area contributed by atoms with Crippen molar-refractivity contribution < 1.29 is 4.79 Å². The molecule has 1 aromatic carbocycles. The van der Waals surface area contributed by atoms with Gasteiger partial charge in [0, 0.05) is 38.1 Å². The first-order valence-corrected chi connectivity index (χ1v) is 9.47. The molecule has 1 aliphatic heterocycles. The third-order valence-corrected chi connectivity index (χ3v) is 4.86. The molecule has 28 heavy (non-hydrogen) atoms. The molecule has 1 amide bonds. The fourth-order valence-corrected chi connectivity index (χ4v) is 3.45. The van der Waals surface area contributed by atoms with Crippen LogP contribution in [0, 0.1) is 0 Å². The van der Waals surface area contributed by atoms with Crippen LogP contribution in [-0.2, 0) is 6.54 Å². The molecule has 1 saturated heterocycles. The quantitative estimate of drug-likeness (QED) is 0.719. The predicted molar refractivity (Wildman–Crippen MR) is 109 cm³/mol. The molecule has 3 aromatic rings. The largest absolute Gasteiger partial charge is 0.353 e. The van der Waals surface area contributed by atoms with Crippen LogP contribution >= 0.6 is 0 Å². The molecule has 1 fully saturated rings. The number of hydrogen-bond acceptors (Lipinski definition) is 5. The standard InChI is InChI=1S/C22H23N5O/c28-22(26-15-18-9-4-5-11-23-18)19-10-6-12-25-21(19)27-14-13-24-20(16-27)17-7-2-1-3-8-17/h1-12,20,24H,13-16H2,(H,26,28)/t20-/m1/s1. The Balaban J connectivity index is 1.50. The van der Waals surface area contributed by atoms with Gasteiger partial charge in [-0.05, 0) is 29.8 Å². The summed E-state index contributed by atoms with van der Waals surface area (Å²) in [6.45, 7) is 2.80. The van der Waals surface area contributed by atoms with E-state index in [0.717, 1.165) is 31.1 Å². The Hall–Kier alpha value is -3.25. The van der Waals surface area contributed by atoms with Gasteiger partial charge in [-0.3, -0.25) is 9.78 Å². The second-order valence-corrected chi connectivity index (χ2v) is 6.74. The van der Waals surface area contributed by atoms with Gasteiger partial charge in [0.05, 0.1) is 17.8 Å². The van der Waals surface area contributed by atoms with Gasteiger partial charge in [-0.2, -0.15) is 0 Å². The van der Waals surface area contributed by atoms with E-state index in [2.05, 4.69) is 37.6 Å². The molecule has 1 aliphatic rings. The second-order valence-electron chi connectivity index (χ2n) is 6.74. The Morgan fingerprint density at radius 3 is 2.68 bits per heavy atom. The third kappa shape index (κ3) is 4.18. The second kappa shape index (κ2) is 8.63. The zero-order valence-electron chi connectivity index (χ0n) is 15.6. The Kier molecular flexibility index (Phi) is 5.58.